The fraction of sp³-hybridized carbons (Fsp3) is 0.222. The molecular weight excluding hydrogens is 308 g/mol. The van der Waals surface area contributed by atoms with Crippen LogP contribution >= 0.6 is 0 Å². The summed E-state index contributed by atoms with van der Waals surface area (Å²) in [4.78, 5) is 0.299. The molecule has 0 N–H and O–H groups in total. The van der Waals surface area contributed by atoms with E-state index in [0.29, 0.717) is 10.7 Å². The molecule has 4 nitrogen and oxygen atoms in total. The largest absolute Gasteiger partial charge is 0.330 e. The molecule has 1 aromatic heterocycles. The van der Waals surface area contributed by atoms with Gasteiger partial charge >= 0.3 is 0 Å². The smallest absolute Gasteiger partial charge is 0.265 e. The Hall–Kier alpha value is -2.27. The fourth-order valence-electron chi connectivity index (χ4n) is 2.79. The monoisotopic (exact) mass is 328 g/mol. The molecule has 23 heavy (non-hydrogen) atoms. The van der Waals surface area contributed by atoms with Gasteiger partial charge in [-0.25, -0.2) is 8.42 Å². The maximum Gasteiger partial charge on any atom is 0.265 e. The molecule has 0 aliphatic rings. The number of benzene rings is 2. The third kappa shape index (κ3) is 2.51. The zero-order valence-electron chi connectivity index (χ0n) is 13.7. The van der Waals surface area contributed by atoms with E-state index in [9.17, 15) is 8.42 Å². The van der Waals surface area contributed by atoms with Crippen LogP contribution in [0.25, 0.3) is 10.9 Å². The number of anilines is 1. The van der Waals surface area contributed by atoms with Gasteiger partial charge in [-0.2, -0.15) is 0 Å². The molecule has 0 radical (unpaired) electrons. The first-order valence-electron chi connectivity index (χ1n) is 7.43. The molecule has 0 aliphatic carbocycles. The molecule has 0 unspecified atom stereocenters. The molecule has 5 heteroatoms. The van der Waals surface area contributed by atoms with Gasteiger partial charge in [0, 0.05) is 25.0 Å². The van der Waals surface area contributed by atoms with Crippen LogP contribution < -0.4 is 4.31 Å². The minimum Gasteiger partial charge on any atom is -0.330 e. The number of sulfonamides is 1. The average molecular weight is 328 g/mol. The van der Waals surface area contributed by atoms with Crippen LogP contribution in [0.5, 0.6) is 0 Å². The summed E-state index contributed by atoms with van der Waals surface area (Å²) in [5, 5.41) is 1.07. The Balaban J connectivity index is 2.13. The van der Waals surface area contributed by atoms with Crippen LogP contribution in [0.2, 0.25) is 0 Å². The lowest BCUT2D eigenvalue weighted by atomic mass is 10.1. The summed E-state index contributed by atoms with van der Waals surface area (Å²) in [6, 6.07) is 14.9. The molecule has 0 saturated heterocycles. The Bertz CT molecular complexity index is 970. The highest BCUT2D eigenvalue weighted by Crippen LogP contribution is 2.30. The number of aromatic nitrogens is 1. The molecule has 1 heterocycles. The molecular formula is C18H20N2O2S. The zero-order chi connectivity index (χ0) is 16.8. The minimum absolute atomic E-state index is 0.299. The van der Waals surface area contributed by atoms with Gasteiger partial charge < -0.3 is 4.57 Å². The topological polar surface area (TPSA) is 42.3 Å². The van der Waals surface area contributed by atoms with Crippen molar-refractivity contribution in [3.05, 3.63) is 59.7 Å². The lowest BCUT2D eigenvalue weighted by Crippen LogP contribution is -2.28. The van der Waals surface area contributed by atoms with Crippen molar-refractivity contribution < 1.29 is 8.42 Å². The molecule has 0 aliphatic heterocycles. The van der Waals surface area contributed by atoms with E-state index in [-0.39, 0.29) is 0 Å². The van der Waals surface area contributed by atoms with E-state index in [1.165, 1.54) is 4.31 Å². The van der Waals surface area contributed by atoms with Gasteiger partial charge in [0.25, 0.3) is 10.0 Å². The van der Waals surface area contributed by atoms with E-state index in [2.05, 4.69) is 0 Å². The number of hydrogen-bond acceptors (Lipinski definition) is 2. The number of fused-ring (bicyclic) bond motifs is 1. The second-order valence-corrected chi connectivity index (χ2v) is 7.82. The average Bonchev–Trinajstić information content (AvgIpc) is 2.86. The first-order valence-corrected chi connectivity index (χ1v) is 8.87. The molecule has 0 fully saturated rings. The quantitative estimate of drug-likeness (QED) is 0.737. The van der Waals surface area contributed by atoms with Gasteiger partial charge in [-0.15, -0.1) is 0 Å². The highest BCUT2D eigenvalue weighted by molar-refractivity contribution is 7.92. The first kappa shape index (κ1) is 15.6. The Morgan fingerprint density at radius 2 is 1.65 bits per heavy atom. The molecule has 0 saturated carbocycles. The fourth-order valence-corrected chi connectivity index (χ4v) is 4.01. The molecule has 0 bridgehead atoms. The number of nitrogens with zero attached hydrogens (tertiary/aromatic N) is 2. The molecule has 0 amide bonds. The van der Waals surface area contributed by atoms with Crippen LogP contribution in [0.15, 0.2) is 53.4 Å². The van der Waals surface area contributed by atoms with E-state index in [0.717, 1.165) is 22.0 Å². The molecule has 2 aromatic carbocycles. The minimum atomic E-state index is -3.58. The van der Waals surface area contributed by atoms with E-state index in [1.807, 2.05) is 61.9 Å². The molecule has 0 spiro atoms. The maximum atomic E-state index is 12.9. The van der Waals surface area contributed by atoms with Gasteiger partial charge in [0.05, 0.1) is 4.90 Å². The van der Waals surface area contributed by atoms with Crippen LogP contribution in [0, 0.1) is 13.8 Å². The van der Waals surface area contributed by atoms with Crippen molar-refractivity contribution in [1.29, 1.82) is 0 Å². The highest BCUT2D eigenvalue weighted by atomic mass is 32.2. The Labute approximate surface area is 137 Å². The van der Waals surface area contributed by atoms with E-state index in [1.54, 1.807) is 19.2 Å². The van der Waals surface area contributed by atoms with Crippen LogP contribution in [-0.4, -0.2) is 20.0 Å². The van der Waals surface area contributed by atoms with Gasteiger partial charge in [0.15, 0.2) is 0 Å². The zero-order valence-corrected chi connectivity index (χ0v) is 14.6. The predicted molar refractivity (Wildman–Crippen MR) is 94.4 cm³/mol. The van der Waals surface area contributed by atoms with Crippen LogP contribution in [-0.2, 0) is 17.1 Å². The van der Waals surface area contributed by atoms with Gasteiger partial charge in [-0.05, 0) is 43.7 Å². The molecule has 3 aromatic rings. The summed E-state index contributed by atoms with van der Waals surface area (Å²) >= 11 is 0. The van der Waals surface area contributed by atoms with Gasteiger partial charge in [0.1, 0.15) is 5.82 Å². The second-order valence-electron chi connectivity index (χ2n) is 5.85. The molecule has 120 valence electrons. The first-order chi connectivity index (χ1) is 10.8. The Morgan fingerprint density at radius 1 is 1.00 bits per heavy atom. The van der Waals surface area contributed by atoms with E-state index < -0.39 is 10.0 Å². The van der Waals surface area contributed by atoms with Crippen molar-refractivity contribution in [3.63, 3.8) is 0 Å². The van der Waals surface area contributed by atoms with Crippen molar-refractivity contribution in [2.24, 2.45) is 7.05 Å². The van der Waals surface area contributed by atoms with Crippen molar-refractivity contribution in [2.75, 3.05) is 11.4 Å². The molecule has 0 atom stereocenters. The van der Waals surface area contributed by atoms with Gasteiger partial charge in [-0.1, -0.05) is 29.8 Å². The van der Waals surface area contributed by atoms with Gasteiger partial charge in [0.2, 0.25) is 0 Å². The Morgan fingerprint density at radius 3 is 2.26 bits per heavy atom. The lowest BCUT2D eigenvalue weighted by Gasteiger charge is -2.20. The summed E-state index contributed by atoms with van der Waals surface area (Å²) < 4.78 is 29.0. The van der Waals surface area contributed by atoms with Crippen LogP contribution in [0.1, 0.15) is 11.1 Å². The highest BCUT2D eigenvalue weighted by Gasteiger charge is 2.24. The summed E-state index contributed by atoms with van der Waals surface area (Å²) in [7, 11) is -0.0961. The summed E-state index contributed by atoms with van der Waals surface area (Å²) in [5.74, 6) is 0.648. The van der Waals surface area contributed by atoms with Crippen LogP contribution in [0.4, 0.5) is 5.82 Å². The lowest BCUT2D eigenvalue weighted by molar-refractivity contribution is 0.593. The third-order valence-electron chi connectivity index (χ3n) is 4.28. The number of hydrogen-bond donors (Lipinski definition) is 0. The third-order valence-corrected chi connectivity index (χ3v) is 6.06. The summed E-state index contributed by atoms with van der Waals surface area (Å²) in [6.07, 6.45) is 0. The van der Waals surface area contributed by atoms with E-state index >= 15 is 0 Å². The maximum absolute atomic E-state index is 12.9. The van der Waals surface area contributed by atoms with Crippen molar-refractivity contribution in [1.82, 2.24) is 4.57 Å². The summed E-state index contributed by atoms with van der Waals surface area (Å²) in [6.45, 7) is 3.97. The van der Waals surface area contributed by atoms with Gasteiger partial charge in [-0.3, -0.25) is 4.31 Å². The second kappa shape index (κ2) is 5.42. The standard InChI is InChI=1S/C18H20N2O2S/c1-13-8-10-15(11-9-13)23(21,22)20(4)18-12-16-14(2)6-5-7-17(16)19(18)3/h5-12H,1-4H3. The predicted octanol–water partition coefficient (Wildman–Crippen LogP) is 3.62. The van der Waals surface area contributed by atoms with Crippen molar-refractivity contribution in [3.8, 4) is 0 Å². The van der Waals surface area contributed by atoms with E-state index in [4.69, 9.17) is 0 Å². The summed E-state index contributed by atoms with van der Waals surface area (Å²) in [5.41, 5.74) is 3.18. The number of aryl methyl sites for hydroxylation is 3. The Kier molecular flexibility index (Phi) is 3.68. The van der Waals surface area contributed by atoms with Crippen molar-refractivity contribution in [2.45, 2.75) is 18.7 Å². The normalized spacial score (nSPS) is 11.8. The number of rotatable bonds is 3. The van der Waals surface area contributed by atoms with Crippen LogP contribution in [0.3, 0.4) is 0 Å². The SMILES string of the molecule is Cc1ccc(S(=O)(=O)N(C)c2cc3c(C)cccc3n2C)cc1. The van der Waals surface area contributed by atoms with Crippen molar-refractivity contribution >= 4 is 26.7 Å². The molecule has 3 rings (SSSR count).